The molecule has 0 amide bonds. The summed E-state index contributed by atoms with van der Waals surface area (Å²) in [6, 6.07) is 9.55. The monoisotopic (exact) mass is 212 g/mol. The lowest BCUT2D eigenvalue weighted by Crippen LogP contribution is -1.89. The Bertz CT molecular complexity index is 353. The van der Waals surface area contributed by atoms with E-state index in [1.807, 2.05) is 30.3 Å². The lowest BCUT2D eigenvalue weighted by Gasteiger charge is -2.06. The zero-order valence-corrected chi connectivity index (χ0v) is 8.65. The van der Waals surface area contributed by atoms with Crippen molar-refractivity contribution in [2.45, 2.75) is 12.8 Å². The van der Waals surface area contributed by atoms with E-state index >= 15 is 0 Å². The van der Waals surface area contributed by atoms with Gasteiger partial charge in [-0.1, -0.05) is 36.9 Å². The molecule has 0 aromatic heterocycles. The predicted octanol–water partition coefficient (Wildman–Crippen LogP) is 2.31. The molecular formula is C10H13O3P. The number of benzene rings is 1. The van der Waals surface area contributed by atoms with Crippen LogP contribution < -0.4 is 0 Å². The van der Waals surface area contributed by atoms with Crippen molar-refractivity contribution in [1.29, 1.82) is 0 Å². The van der Waals surface area contributed by atoms with Crippen LogP contribution in [0, 0.1) is 0 Å². The zero-order valence-electron chi connectivity index (χ0n) is 7.76. The maximum absolute atomic E-state index is 10.7. The molecule has 0 aliphatic carbocycles. The molecule has 3 nitrogen and oxygen atoms in total. The van der Waals surface area contributed by atoms with E-state index in [9.17, 15) is 4.57 Å². The average molecular weight is 212 g/mol. The first-order valence-electron chi connectivity index (χ1n) is 4.28. The van der Waals surface area contributed by atoms with Crippen molar-refractivity contribution >= 4 is 7.60 Å². The van der Waals surface area contributed by atoms with Gasteiger partial charge >= 0.3 is 7.60 Å². The predicted molar refractivity (Wildman–Crippen MR) is 55.9 cm³/mol. The van der Waals surface area contributed by atoms with Gasteiger partial charge in [0.25, 0.3) is 0 Å². The summed E-state index contributed by atoms with van der Waals surface area (Å²) >= 11 is 0. The number of aryl methyl sites for hydroxylation is 1. The van der Waals surface area contributed by atoms with Gasteiger partial charge in [-0.05, 0) is 18.4 Å². The normalized spacial score (nSPS) is 11.3. The molecule has 0 unspecified atom stereocenters. The van der Waals surface area contributed by atoms with Gasteiger partial charge in [-0.25, -0.2) is 0 Å². The summed E-state index contributed by atoms with van der Waals surface area (Å²) < 4.78 is 10.7. The van der Waals surface area contributed by atoms with Crippen LogP contribution in [0.25, 0.3) is 0 Å². The van der Waals surface area contributed by atoms with Crippen molar-refractivity contribution in [3.05, 3.63) is 47.8 Å². The van der Waals surface area contributed by atoms with Crippen molar-refractivity contribution in [3.8, 4) is 0 Å². The summed E-state index contributed by atoms with van der Waals surface area (Å²) in [5.41, 5.74) is 1.06. The molecule has 0 fully saturated rings. The molecule has 0 spiro atoms. The van der Waals surface area contributed by atoms with Crippen molar-refractivity contribution < 1.29 is 14.4 Å². The molecule has 0 aliphatic heterocycles. The minimum absolute atomic E-state index is 0.00125. The van der Waals surface area contributed by atoms with Gasteiger partial charge in [0.15, 0.2) is 0 Å². The van der Waals surface area contributed by atoms with Gasteiger partial charge in [0.1, 0.15) is 0 Å². The summed E-state index contributed by atoms with van der Waals surface area (Å²) in [6.07, 6.45) is 0.944. The molecule has 1 rings (SSSR count). The van der Waals surface area contributed by atoms with Crippen LogP contribution in [0.4, 0.5) is 0 Å². The van der Waals surface area contributed by atoms with Crippen LogP contribution in [0.5, 0.6) is 0 Å². The Morgan fingerprint density at radius 3 is 2.36 bits per heavy atom. The van der Waals surface area contributed by atoms with Crippen LogP contribution in [0.1, 0.15) is 12.0 Å². The zero-order chi connectivity index (χ0) is 10.6. The number of rotatable bonds is 4. The van der Waals surface area contributed by atoms with Crippen LogP contribution in [-0.4, -0.2) is 9.79 Å². The summed E-state index contributed by atoms with van der Waals surface area (Å²) in [5, 5.41) is 0.00125. The largest absolute Gasteiger partial charge is 0.351 e. The fraction of sp³-hybridized carbons (Fsp3) is 0.200. The van der Waals surface area contributed by atoms with Gasteiger partial charge in [0.05, 0.1) is 0 Å². The Balaban J connectivity index is 2.51. The van der Waals surface area contributed by atoms with Gasteiger partial charge < -0.3 is 9.79 Å². The van der Waals surface area contributed by atoms with Crippen LogP contribution in [0.3, 0.4) is 0 Å². The molecule has 0 radical (unpaired) electrons. The molecule has 14 heavy (non-hydrogen) atoms. The molecule has 76 valence electrons. The average Bonchev–Trinajstić information content (AvgIpc) is 2.14. The molecule has 0 saturated heterocycles. The molecule has 0 aliphatic rings. The van der Waals surface area contributed by atoms with Gasteiger partial charge in [-0.2, -0.15) is 0 Å². The number of allylic oxidation sites excluding steroid dienone is 1. The molecule has 0 heterocycles. The van der Waals surface area contributed by atoms with Gasteiger partial charge in [0, 0.05) is 5.31 Å². The Hall–Kier alpha value is -0.890. The first kappa shape index (κ1) is 11.2. The van der Waals surface area contributed by atoms with Gasteiger partial charge in [0.2, 0.25) is 0 Å². The second kappa shape index (κ2) is 4.56. The minimum atomic E-state index is -4.09. The van der Waals surface area contributed by atoms with Crippen molar-refractivity contribution in [2.75, 3.05) is 0 Å². The van der Waals surface area contributed by atoms with E-state index < -0.39 is 7.60 Å². The minimum Gasteiger partial charge on any atom is -0.321 e. The van der Waals surface area contributed by atoms with Crippen LogP contribution in [0.15, 0.2) is 42.2 Å². The first-order chi connectivity index (χ1) is 6.50. The molecule has 4 heteroatoms. The maximum atomic E-state index is 10.7. The third-order valence-electron chi connectivity index (χ3n) is 1.96. The third-order valence-corrected chi connectivity index (χ3v) is 3.00. The Kier molecular flexibility index (Phi) is 3.64. The molecule has 0 atom stereocenters. The summed E-state index contributed by atoms with van der Waals surface area (Å²) in [5.74, 6) is 0. The lowest BCUT2D eigenvalue weighted by atomic mass is 10.1. The van der Waals surface area contributed by atoms with E-state index in [4.69, 9.17) is 9.79 Å². The van der Waals surface area contributed by atoms with Gasteiger partial charge in [-0.3, -0.25) is 4.57 Å². The van der Waals surface area contributed by atoms with Crippen molar-refractivity contribution in [1.82, 2.24) is 0 Å². The summed E-state index contributed by atoms with van der Waals surface area (Å²) in [4.78, 5) is 17.6. The van der Waals surface area contributed by atoms with Crippen LogP contribution in [0.2, 0.25) is 0 Å². The number of hydrogen-bond donors (Lipinski definition) is 2. The quantitative estimate of drug-likeness (QED) is 0.753. The Morgan fingerprint density at radius 2 is 1.86 bits per heavy atom. The fourth-order valence-corrected chi connectivity index (χ4v) is 1.48. The smallest absolute Gasteiger partial charge is 0.321 e. The van der Waals surface area contributed by atoms with E-state index in [1.54, 1.807) is 0 Å². The molecule has 0 bridgehead atoms. The van der Waals surface area contributed by atoms with E-state index in [0.29, 0.717) is 12.8 Å². The highest BCUT2D eigenvalue weighted by Crippen LogP contribution is 2.45. The molecular weight excluding hydrogens is 199 g/mol. The molecule has 2 N–H and O–H groups in total. The van der Waals surface area contributed by atoms with Crippen LogP contribution in [-0.2, 0) is 11.0 Å². The topological polar surface area (TPSA) is 57.5 Å². The van der Waals surface area contributed by atoms with E-state index in [2.05, 4.69) is 6.58 Å². The van der Waals surface area contributed by atoms with Crippen molar-refractivity contribution in [3.63, 3.8) is 0 Å². The standard InChI is InChI=1S/C10H13O3P/c1-9(14(11,12)13)7-8-10-5-3-2-4-6-10/h2-6H,1,7-8H2,(H2,11,12,13). The second-order valence-electron chi connectivity index (χ2n) is 3.10. The maximum Gasteiger partial charge on any atom is 0.351 e. The van der Waals surface area contributed by atoms with Gasteiger partial charge in [-0.15, -0.1) is 0 Å². The Morgan fingerprint density at radius 1 is 1.29 bits per heavy atom. The molecule has 0 saturated carbocycles. The highest BCUT2D eigenvalue weighted by atomic mass is 31.2. The summed E-state index contributed by atoms with van der Waals surface area (Å²) in [7, 11) is -4.09. The number of hydrogen-bond acceptors (Lipinski definition) is 1. The Labute approximate surface area is 83.3 Å². The third kappa shape index (κ3) is 3.46. The van der Waals surface area contributed by atoms with E-state index in [-0.39, 0.29) is 5.31 Å². The first-order valence-corrected chi connectivity index (χ1v) is 5.89. The lowest BCUT2D eigenvalue weighted by molar-refractivity contribution is 0.380. The highest BCUT2D eigenvalue weighted by Gasteiger charge is 2.17. The SMILES string of the molecule is C=C(CCc1ccccc1)P(=O)(O)O. The molecule has 1 aromatic carbocycles. The van der Waals surface area contributed by atoms with E-state index in [1.165, 1.54) is 0 Å². The highest BCUT2D eigenvalue weighted by molar-refractivity contribution is 7.56. The van der Waals surface area contributed by atoms with E-state index in [0.717, 1.165) is 5.56 Å². The summed E-state index contributed by atoms with van der Waals surface area (Å²) in [6.45, 7) is 3.38. The second-order valence-corrected chi connectivity index (χ2v) is 4.82. The molecule has 1 aromatic rings. The van der Waals surface area contributed by atoms with Crippen molar-refractivity contribution in [2.24, 2.45) is 0 Å². The fourth-order valence-electron chi connectivity index (χ4n) is 1.08. The van der Waals surface area contributed by atoms with Crippen LogP contribution >= 0.6 is 7.60 Å².